The molecule has 8 heteroatoms. The van der Waals surface area contributed by atoms with Gasteiger partial charge in [0.15, 0.2) is 9.90 Å². The Morgan fingerprint density at radius 2 is 1.77 bits per heavy atom. The zero-order valence-electron chi connectivity index (χ0n) is 14.4. The number of pyridine rings is 1. The number of anilines is 1. The number of aryl methyl sites for hydroxylation is 3. The highest BCUT2D eigenvalue weighted by atomic mass is 32.2. The van der Waals surface area contributed by atoms with Crippen molar-refractivity contribution in [2.75, 3.05) is 4.72 Å². The van der Waals surface area contributed by atoms with E-state index in [1.807, 2.05) is 19.9 Å². The highest BCUT2D eigenvalue weighted by Crippen LogP contribution is 2.32. The maximum atomic E-state index is 12.8. The van der Waals surface area contributed by atoms with Crippen LogP contribution < -0.4 is 4.72 Å². The Balaban J connectivity index is 1.95. The molecule has 1 aromatic carbocycles. The highest BCUT2D eigenvalue weighted by Gasteiger charge is 2.23. The number of sulfonamides is 1. The van der Waals surface area contributed by atoms with Crippen LogP contribution in [-0.2, 0) is 10.0 Å². The van der Waals surface area contributed by atoms with Gasteiger partial charge in [-0.2, -0.15) is 0 Å². The van der Waals surface area contributed by atoms with Gasteiger partial charge in [0.05, 0.1) is 12.3 Å². The molecule has 0 amide bonds. The second-order valence-electron chi connectivity index (χ2n) is 5.83. The molecule has 0 fully saturated rings. The summed E-state index contributed by atoms with van der Waals surface area (Å²) in [7, 11) is -3.78. The molecule has 2 heterocycles. The van der Waals surface area contributed by atoms with Crippen LogP contribution in [0.1, 0.15) is 17.0 Å². The number of nitrogens with zero attached hydrogens (tertiary/aromatic N) is 3. The second kappa shape index (κ2) is 6.86. The molecule has 0 aliphatic heterocycles. The molecular weight excluding hydrogens is 368 g/mol. The fraction of sp³-hybridized carbons (Fsp3) is 0.167. The molecule has 0 spiro atoms. The lowest BCUT2D eigenvalue weighted by atomic mass is 10.2. The van der Waals surface area contributed by atoms with E-state index in [1.165, 1.54) is 0 Å². The predicted molar refractivity (Wildman–Crippen MR) is 103 cm³/mol. The van der Waals surface area contributed by atoms with Crippen LogP contribution >= 0.6 is 11.3 Å². The average molecular weight is 384 g/mol. The van der Waals surface area contributed by atoms with E-state index in [0.717, 1.165) is 28.2 Å². The SMILES string of the molecule is [C-]#[N+]c1ccc(-c2nc(C)c(S(=O)(=O)Nc3cc(C)cc(C)n3)s2)cc1. The van der Waals surface area contributed by atoms with Crippen molar-refractivity contribution in [2.45, 2.75) is 25.0 Å². The molecule has 0 saturated heterocycles. The van der Waals surface area contributed by atoms with E-state index >= 15 is 0 Å². The van der Waals surface area contributed by atoms with Gasteiger partial charge >= 0.3 is 0 Å². The summed E-state index contributed by atoms with van der Waals surface area (Å²) in [6, 6.07) is 10.5. The van der Waals surface area contributed by atoms with Gasteiger partial charge < -0.3 is 0 Å². The van der Waals surface area contributed by atoms with Crippen LogP contribution in [-0.4, -0.2) is 18.4 Å². The molecule has 6 nitrogen and oxygen atoms in total. The minimum atomic E-state index is -3.78. The van der Waals surface area contributed by atoms with Gasteiger partial charge in [-0.3, -0.25) is 4.72 Å². The van der Waals surface area contributed by atoms with Gasteiger partial charge in [-0.05, 0) is 38.5 Å². The van der Waals surface area contributed by atoms with Crippen LogP contribution in [0.25, 0.3) is 15.4 Å². The number of aromatic nitrogens is 2. The Bertz CT molecular complexity index is 1090. The number of thiazole rings is 1. The van der Waals surface area contributed by atoms with E-state index in [-0.39, 0.29) is 4.21 Å². The quantitative estimate of drug-likeness (QED) is 0.673. The average Bonchev–Trinajstić information content (AvgIpc) is 2.96. The van der Waals surface area contributed by atoms with Gasteiger partial charge in [0.25, 0.3) is 10.0 Å². The van der Waals surface area contributed by atoms with Crippen molar-refractivity contribution in [3.05, 3.63) is 64.8 Å². The topological polar surface area (TPSA) is 76.3 Å². The molecule has 0 atom stereocenters. The molecule has 132 valence electrons. The summed E-state index contributed by atoms with van der Waals surface area (Å²) in [4.78, 5) is 12.0. The normalized spacial score (nSPS) is 11.2. The minimum absolute atomic E-state index is 0.155. The second-order valence-corrected chi connectivity index (χ2v) is 8.70. The maximum Gasteiger partial charge on any atom is 0.274 e. The summed E-state index contributed by atoms with van der Waals surface area (Å²) in [6.45, 7) is 12.4. The van der Waals surface area contributed by atoms with Gasteiger partial charge in [0.2, 0.25) is 0 Å². The van der Waals surface area contributed by atoms with E-state index in [4.69, 9.17) is 6.57 Å². The van der Waals surface area contributed by atoms with Crippen molar-refractivity contribution < 1.29 is 8.42 Å². The van der Waals surface area contributed by atoms with Gasteiger partial charge in [-0.25, -0.2) is 23.2 Å². The van der Waals surface area contributed by atoms with Crippen LogP contribution in [0.15, 0.2) is 40.6 Å². The lowest BCUT2D eigenvalue weighted by Gasteiger charge is -2.07. The lowest BCUT2D eigenvalue weighted by molar-refractivity contribution is 0.602. The largest absolute Gasteiger partial charge is 0.274 e. The fourth-order valence-corrected chi connectivity index (χ4v) is 5.02. The number of nitrogens with one attached hydrogen (secondary N) is 1. The molecule has 0 saturated carbocycles. The van der Waals surface area contributed by atoms with Crippen LogP contribution in [0.4, 0.5) is 11.5 Å². The first kappa shape index (κ1) is 18.0. The Labute approximate surface area is 156 Å². The van der Waals surface area contributed by atoms with E-state index in [9.17, 15) is 8.42 Å². The van der Waals surface area contributed by atoms with Crippen LogP contribution in [0.5, 0.6) is 0 Å². The molecular formula is C18H16N4O2S2. The summed E-state index contributed by atoms with van der Waals surface area (Å²) in [5.74, 6) is 0.290. The third kappa shape index (κ3) is 3.74. The smallest absolute Gasteiger partial charge is 0.263 e. The molecule has 0 radical (unpaired) electrons. The standard InChI is InChI=1S/C18H16N4O2S2/c1-11-9-12(2)20-16(10-11)22-26(23,24)18-13(3)21-17(25-18)14-5-7-15(19-4)8-6-14/h5-10H,1-3H3,(H,20,22). The van der Waals surface area contributed by atoms with Gasteiger partial charge in [0.1, 0.15) is 10.8 Å². The van der Waals surface area contributed by atoms with Gasteiger partial charge in [0, 0.05) is 11.3 Å². The lowest BCUT2D eigenvalue weighted by Crippen LogP contribution is -2.14. The number of hydrogen-bond acceptors (Lipinski definition) is 5. The predicted octanol–water partition coefficient (Wildman–Crippen LogP) is 4.48. The van der Waals surface area contributed by atoms with Gasteiger partial charge in [-0.1, -0.05) is 24.3 Å². The van der Waals surface area contributed by atoms with Crippen LogP contribution in [0.3, 0.4) is 0 Å². The first-order valence-electron chi connectivity index (χ1n) is 7.72. The minimum Gasteiger partial charge on any atom is -0.263 e. The Hall–Kier alpha value is -2.76. The maximum absolute atomic E-state index is 12.8. The van der Waals surface area contributed by atoms with Crippen molar-refractivity contribution in [1.82, 2.24) is 9.97 Å². The Morgan fingerprint density at radius 3 is 2.38 bits per heavy atom. The third-order valence-corrected chi connectivity index (χ3v) is 6.75. The molecule has 0 unspecified atom stereocenters. The molecule has 1 N–H and O–H groups in total. The molecule has 26 heavy (non-hydrogen) atoms. The fourth-order valence-electron chi connectivity index (χ4n) is 2.51. The number of rotatable bonds is 4. The highest BCUT2D eigenvalue weighted by molar-refractivity contribution is 7.94. The van der Waals surface area contributed by atoms with E-state index in [2.05, 4.69) is 19.5 Å². The molecule has 3 aromatic rings. The van der Waals surface area contributed by atoms with E-state index in [0.29, 0.717) is 22.2 Å². The first-order valence-corrected chi connectivity index (χ1v) is 10.0. The van der Waals surface area contributed by atoms with Crippen molar-refractivity contribution in [2.24, 2.45) is 0 Å². The van der Waals surface area contributed by atoms with Crippen molar-refractivity contribution in [3.8, 4) is 10.6 Å². The van der Waals surface area contributed by atoms with Crippen LogP contribution in [0, 0.1) is 27.3 Å². The van der Waals surface area contributed by atoms with Crippen molar-refractivity contribution in [3.63, 3.8) is 0 Å². The number of benzene rings is 1. The molecule has 0 aliphatic rings. The summed E-state index contributed by atoms with van der Waals surface area (Å²) in [6.07, 6.45) is 0. The summed E-state index contributed by atoms with van der Waals surface area (Å²) in [5.41, 5.74) is 3.39. The number of hydrogen-bond donors (Lipinski definition) is 1. The van der Waals surface area contributed by atoms with Gasteiger partial charge in [-0.15, -0.1) is 11.3 Å². The zero-order valence-corrected chi connectivity index (χ0v) is 16.1. The summed E-state index contributed by atoms with van der Waals surface area (Å²) < 4.78 is 28.2. The molecule has 3 rings (SSSR count). The summed E-state index contributed by atoms with van der Waals surface area (Å²) in [5, 5.41) is 0.591. The molecule has 2 aromatic heterocycles. The zero-order chi connectivity index (χ0) is 18.9. The summed E-state index contributed by atoms with van der Waals surface area (Å²) >= 11 is 1.09. The first-order chi connectivity index (χ1) is 12.3. The monoisotopic (exact) mass is 384 g/mol. The molecule has 0 bridgehead atoms. The van der Waals surface area contributed by atoms with Crippen molar-refractivity contribution in [1.29, 1.82) is 0 Å². The third-order valence-electron chi connectivity index (χ3n) is 3.58. The Kier molecular flexibility index (Phi) is 4.76. The molecule has 0 aliphatic carbocycles. The Morgan fingerprint density at radius 1 is 1.08 bits per heavy atom. The van der Waals surface area contributed by atoms with E-state index in [1.54, 1.807) is 37.3 Å². The van der Waals surface area contributed by atoms with E-state index < -0.39 is 10.0 Å². The van der Waals surface area contributed by atoms with Crippen molar-refractivity contribution >= 4 is 32.9 Å². The van der Waals surface area contributed by atoms with Crippen LogP contribution in [0.2, 0.25) is 0 Å².